The van der Waals surface area contributed by atoms with Crippen LogP contribution in [0.1, 0.15) is 28.8 Å². The molecule has 0 aliphatic carbocycles. The lowest BCUT2D eigenvalue weighted by Crippen LogP contribution is -2.29. The first kappa shape index (κ1) is 30.0. The molecule has 3 rings (SSSR count). The summed E-state index contributed by atoms with van der Waals surface area (Å²) < 4.78 is 16.5. The molecule has 0 fully saturated rings. The van der Waals surface area contributed by atoms with Crippen LogP contribution >= 0.6 is 0 Å². The minimum Gasteiger partial charge on any atom is -0.479 e. The van der Waals surface area contributed by atoms with Crippen LogP contribution in [0.5, 0.6) is 29.3 Å². The Balaban J connectivity index is 2.15. The van der Waals surface area contributed by atoms with Crippen LogP contribution in [0.4, 0.5) is 11.4 Å². The third-order valence-corrected chi connectivity index (χ3v) is 5.08. The Morgan fingerprint density at radius 1 is 1.10 bits per heavy atom. The van der Waals surface area contributed by atoms with E-state index in [1.54, 1.807) is 12.1 Å². The summed E-state index contributed by atoms with van der Waals surface area (Å²) in [6.07, 6.45) is -2.71. The topological polar surface area (TPSA) is 306 Å². The number of hydrogen-bond acceptors (Lipinski definition) is 12. The highest BCUT2D eigenvalue weighted by molar-refractivity contribution is 5.95. The number of rotatable bonds is 13. The molecule has 9 N–H and O–H groups in total. The van der Waals surface area contributed by atoms with Gasteiger partial charge in [-0.05, 0) is 30.3 Å². The van der Waals surface area contributed by atoms with Crippen molar-refractivity contribution in [3.63, 3.8) is 0 Å². The summed E-state index contributed by atoms with van der Waals surface area (Å²) >= 11 is 0. The van der Waals surface area contributed by atoms with Gasteiger partial charge in [-0.15, -0.1) is 0 Å². The van der Waals surface area contributed by atoms with Crippen molar-refractivity contribution < 1.29 is 38.6 Å². The van der Waals surface area contributed by atoms with Crippen molar-refractivity contribution in [2.45, 2.75) is 18.9 Å². The lowest BCUT2D eigenvalue weighted by Gasteiger charge is -2.16. The third kappa shape index (κ3) is 7.76. The number of anilines is 1. The number of ether oxygens (including phenoxy) is 3. The number of aromatic nitrogens is 2. The molecule has 18 nitrogen and oxygen atoms in total. The fraction of sp³-hybridized carbons (Fsp3) is 0.125. The minimum absolute atomic E-state index is 0.0462. The first-order valence-corrected chi connectivity index (χ1v) is 11.5. The van der Waals surface area contributed by atoms with Gasteiger partial charge in [0.05, 0.1) is 22.1 Å². The Bertz CT molecular complexity index is 1620. The van der Waals surface area contributed by atoms with Crippen LogP contribution in [0.2, 0.25) is 0 Å². The summed E-state index contributed by atoms with van der Waals surface area (Å²) in [4.78, 5) is 53.6. The number of carboxylic acid groups (broad SMARTS) is 1. The molecule has 0 aliphatic rings. The van der Waals surface area contributed by atoms with Gasteiger partial charge in [-0.2, -0.15) is 15.2 Å². The van der Waals surface area contributed by atoms with Crippen molar-refractivity contribution in [1.82, 2.24) is 9.97 Å². The molecule has 42 heavy (non-hydrogen) atoms. The highest BCUT2D eigenvalue weighted by Crippen LogP contribution is 2.40. The quantitative estimate of drug-likeness (QED) is 0.0720. The fourth-order valence-corrected chi connectivity index (χ4v) is 3.29. The maximum absolute atomic E-state index is 12.1. The maximum atomic E-state index is 12.1. The van der Waals surface area contributed by atoms with E-state index in [1.165, 1.54) is 30.3 Å². The first-order valence-electron chi connectivity index (χ1n) is 11.5. The van der Waals surface area contributed by atoms with Crippen LogP contribution < -0.4 is 36.7 Å². The standard InChI is InChI=1S/C24H21N9O9/c25-10-11-4-5-14(9-15(11)19(27)35)40-20-18(33(38)39)21(42-16(22(36)37)6-7-17(26)34)32-24(31-20)41-13-3-1-2-12(8-13)30-23(28)29/h1-5,8-9,16H,6-7H2,(H2,26,34)(H2,27,35)(H,36,37)(H4,28,29,30). The van der Waals surface area contributed by atoms with E-state index in [4.69, 9.17) is 36.8 Å². The van der Waals surface area contributed by atoms with E-state index >= 15 is 0 Å². The molecular formula is C24H21N9O9. The van der Waals surface area contributed by atoms with E-state index in [-0.39, 0.29) is 28.6 Å². The number of amides is 2. The molecule has 1 aromatic heterocycles. The number of benzene rings is 2. The zero-order valence-electron chi connectivity index (χ0n) is 21.3. The Morgan fingerprint density at radius 3 is 2.38 bits per heavy atom. The van der Waals surface area contributed by atoms with Crippen LogP contribution in [0.25, 0.3) is 0 Å². The third-order valence-electron chi connectivity index (χ3n) is 5.08. The number of nitrogens with one attached hydrogen (secondary N) is 2. The van der Waals surface area contributed by atoms with Crippen molar-refractivity contribution in [3.8, 4) is 35.3 Å². The van der Waals surface area contributed by atoms with Crippen LogP contribution in [0.3, 0.4) is 0 Å². The molecular weight excluding hydrogens is 558 g/mol. The van der Waals surface area contributed by atoms with Gasteiger partial charge in [0.25, 0.3) is 0 Å². The number of nitriles is 1. The second kappa shape index (κ2) is 13.0. The molecule has 216 valence electrons. The second-order valence-electron chi connectivity index (χ2n) is 8.13. The number of nitro groups is 1. The van der Waals surface area contributed by atoms with Gasteiger partial charge in [0.15, 0.2) is 12.1 Å². The molecule has 2 aromatic carbocycles. The molecule has 2 amide bonds. The largest absolute Gasteiger partial charge is 0.479 e. The highest BCUT2D eigenvalue weighted by atomic mass is 16.6. The van der Waals surface area contributed by atoms with E-state index < -0.39 is 65.1 Å². The maximum Gasteiger partial charge on any atom is 0.392 e. The van der Waals surface area contributed by atoms with Gasteiger partial charge in [-0.3, -0.25) is 25.1 Å². The Morgan fingerprint density at radius 2 is 1.79 bits per heavy atom. The molecule has 3 aromatic rings. The molecule has 0 spiro atoms. The van der Waals surface area contributed by atoms with E-state index in [0.717, 1.165) is 6.07 Å². The number of nitrogens with zero attached hydrogens (tertiary/aromatic N) is 4. The molecule has 1 atom stereocenters. The second-order valence-corrected chi connectivity index (χ2v) is 8.13. The summed E-state index contributed by atoms with van der Waals surface area (Å²) in [6.45, 7) is 0. The first-order chi connectivity index (χ1) is 19.9. The number of primary amides is 2. The highest BCUT2D eigenvalue weighted by Gasteiger charge is 2.33. The molecule has 18 heteroatoms. The lowest BCUT2D eigenvalue weighted by molar-refractivity contribution is -0.387. The minimum atomic E-state index is -1.81. The van der Waals surface area contributed by atoms with Crippen LogP contribution in [0.15, 0.2) is 42.5 Å². The fourth-order valence-electron chi connectivity index (χ4n) is 3.29. The molecule has 1 unspecified atom stereocenters. The number of carbonyl (C=O) groups excluding carboxylic acids is 2. The van der Waals surface area contributed by atoms with Gasteiger partial charge in [0.2, 0.25) is 11.8 Å². The van der Waals surface area contributed by atoms with E-state index in [2.05, 4.69) is 15.3 Å². The monoisotopic (exact) mass is 579 g/mol. The van der Waals surface area contributed by atoms with E-state index in [9.17, 15) is 34.9 Å². The molecule has 0 aliphatic heterocycles. The van der Waals surface area contributed by atoms with Gasteiger partial charge in [-0.1, -0.05) is 6.07 Å². The molecule has 0 saturated heterocycles. The van der Waals surface area contributed by atoms with Crippen LogP contribution in [0, 0.1) is 26.9 Å². The predicted octanol–water partition coefficient (Wildman–Crippen LogP) is 1.34. The van der Waals surface area contributed by atoms with Crippen molar-refractivity contribution >= 4 is 35.1 Å². The number of carbonyl (C=O) groups is 3. The van der Waals surface area contributed by atoms with Crippen molar-refractivity contribution in [2.24, 2.45) is 17.2 Å². The number of guanidine groups is 1. The van der Waals surface area contributed by atoms with Gasteiger partial charge in [0, 0.05) is 24.6 Å². The number of carboxylic acids is 1. The number of nitrogens with two attached hydrogens (primary N) is 3. The van der Waals surface area contributed by atoms with Crippen molar-refractivity contribution in [3.05, 3.63) is 63.7 Å². The van der Waals surface area contributed by atoms with Crippen LogP contribution in [-0.2, 0) is 9.59 Å². The molecule has 0 bridgehead atoms. The summed E-state index contributed by atoms with van der Waals surface area (Å²) in [5.74, 6) is -5.69. The van der Waals surface area contributed by atoms with Crippen molar-refractivity contribution in [2.75, 3.05) is 5.32 Å². The summed E-state index contributed by atoms with van der Waals surface area (Å²) in [5, 5.41) is 40.8. The average molecular weight is 579 g/mol. The predicted molar refractivity (Wildman–Crippen MR) is 141 cm³/mol. The normalized spacial score (nSPS) is 10.9. The van der Waals surface area contributed by atoms with E-state index in [0.29, 0.717) is 5.69 Å². The zero-order valence-corrected chi connectivity index (χ0v) is 21.3. The van der Waals surface area contributed by atoms with Gasteiger partial charge < -0.3 is 41.8 Å². The number of aliphatic carboxylic acids is 1. The molecule has 0 radical (unpaired) electrons. The lowest BCUT2D eigenvalue weighted by atomic mass is 10.1. The Labute approximate surface area is 235 Å². The Kier molecular flexibility index (Phi) is 9.32. The number of hydrogen-bond donors (Lipinski definition) is 6. The Hall–Kier alpha value is -6.51. The smallest absolute Gasteiger partial charge is 0.392 e. The zero-order chi connectivity index (χ0) is 31.0. The van der Waals surface area contributed by atoms with Crippen molar-refractivity contribution in [1.29, 1.82) is 10.7 Å². The van der Waals surface area contributed by atoms with E-state index in [1.807, 2.05) is 0 Å². The van der Waals surface area contributed by atoms with Gasteiger partial charge in [0.1, 0.15) is 11.5 Å². The van der Waals surface area contributed by atoms with Gasteiger partial charge in [-0.25, -0.2) is 4.79 Å². The van der Waals surface area contributed by atoms with Gasteiger partial charge >= 0.3 is 29.4 Å². The van der Waals surface area contributed by atoms with Crippen LogP contribution in [-0.4, -0.2) is 49.8 Å². The average Bonchev–Trinajstić information content (AvgIpc) is 2.90. The summed E-state index contributed by atoms with van der Waals surface area (Å²) in [5.41, 5.74) is 14.7. The SMILES string of the molecule is N#Cc1ccc(Oc2nc(Oc3cccc(NC(=N)N)c3)nc(OC(CCC(N)=O)C(=O)O)c2[N+](=O)[O-])cc1C(N)=O. The molecule has 1 heterocycles. The summed E-state index contributed by atoms with van der Waals surface area (Å²) in [7, 11) is 0. The molecule has 0 saturated carbocycles. The summed E-state index contributed by atoms with van der Waals surface area (Å²) in [6, 6.07) is 10.4.